The summed E-state index contributed by atoms with van der Waals surface area (Å²) in [6, 6.07) is 9.52. The third-order valence-electron chi connectivity index (χ3n) is 2.75. The Labute approximate surface area is 129 Å². The lowest BCUT2D eigenvalue weighted by Crippen LogP contribution is -2.04. The van der Waals surface area contributed by atoms with E-state index in [2.05, 4.69) is 15.9 Å². The summed E-state index contributed by atoms with van der Waals surface area (Å²) in [7, 11) is 0. The summed E-state index contributed by atoms with van der Waals surface area (Å²) >= 11 is 14.9. The fraction of sp³-hybridized carbons (Fsp3) is 0.143. The van der Waals surface area contributed by atoms with Gasteiger partial charge in [0.2, 0.25) is 0 Å². The molecule has 0 aromatic heterocycles. The Kier molecular flexibility index (Phi) is 4.85. The third kappa shape index (κ3) is 3.69. The van der Waals surface area contributed by atoms with Gasteiger partial charge < -0.3 is 5.11 Å². The zero-order valence-corrected chi connectivity index (χ0v) is 12.8. The zero-order chi connectivity index (χ0) is 14.0. The van der Waals surface area contributed by atoms with Crippen LogP contribution in [0.4, 0.5) is 4.39 Å². The van der Waals surface area contributed by atoms with Crippen LogP contribution in [0.5, 0.6) is 0 Å². The molecule has 1 atom stereocenters. The molecule has 1 unspecified atom stereocenters. The largest absolute Gasteiger partial charge is 0.388 e. The van der Waals surface area contributed by atoms with Crippen molar-refractivity contribution in [2.75, 3.05) is 0 Å². The Morgan fingerprint density at radius 1 is 1.11 bits per heavy atom. The molecule has 1 nitrogen and oxygen atoms in total. The second-order valence-corrected chi connectivity index (χ2v) is 5.85. The van der Waals surface area contributed by atoms with Crippen LogP contribution < -0.4 is 0 Å². The van der Waals surface area contributed by atoms with Gasteiger partial charge in [-0.05, 0) is 41.5 Å². The van der Waals surface area contributed by atoms with Crippen LogP contribution in [0.2, 0.25) is 10.0 Å². The monoisotopic (exact) mass is 362 g/mol. The van der Waals surface area contributed by atoms with E-state index in [1.807, 2.05) is 0 Å². The predicted molar refractivity (Wildman–Crippen MR) is 79.2 cm³/mol. The summed E-state index contributed by atoms with van der Waals surface area (Å²) in [5.74, 6) is -0.426. The number of hydrogen-bond donors (Lipinski definition) is 1. The summed E-state index contributed by atoms with van der Waals surface area (Å²) in [6.07, 6.45) is -0.689. The van der Waals surface area contributed by atoms with Gasteiger partial charge in [-0.2, -0.15) is 0 Å². The van der Waals surface area contributed by atoms with Crippen molar-refractivity contribution in [2.45, 2.75) is 12.5 Å². The zero-order valence-electron chi connectivity index (χ0n) is 9.71. The summed E-state index contributed by atoms with van der Waals surface area (Å²) in [5, 5.41) is 11.0. The lowest BCUT2D eigenvalue weighted by atomic mass is 10.0. The highest BCUT2D eigenvalue weighted by Gasteiger charge is 2.15. The average Bonchev–Trinajstić information content (AvgIpc) is 2.35. The van der Waals surface area contributed by atoms with Crippen LogP contribution >= 0.6 is 39.1 Å². The molecule has 0 bridgehead atoms. The van der Waals surface area contributed by atoms with E-state index in [1.54, 1.807) is 30.3 Å². The molecular weight excluding hydrogens is 354 g/mol. The quantitative estimate of drug-likeness (QED) is 0.797. The molecule has 0 aliphatic heterocycles. The molecular formula is C14H10BrCl2FO. The van der Waals surface area contributed by atoms with Crippen LogP contribution in [0.1, 0.15) is 17.2 Å². The highest BCUT2D eigenvalue weighted by molar-refractivity contribution is 9.10. The molecule has 0 heterocycles. The van der Waals surface area contributed by atoms with Crippen LogP contribution in [0.15, 0.2) is 40.9 Å². The number of hydrogen-bond acceptors (Lipinski definition) is 1. The van der Waals surface area contributed by atoms with Crippen LogP contribution in [0.25, 0.3) is 0 Å². The molecule has 0 amide bonds. The van der Waals surface area contributed by atoms with Gasteiger partial charge in [0.25, 0.3) is 0 Å². The minimum atomic E-state index is -0.844. The molecule has 2 aromatic rings. The predicted octanol–water partition coefficient (Wildman–Crippen LogP) is 5.17. The minimum absolute atomic E-state index is 0.155. The second-order valence-electron chi connectivity index (χ2n) is 4.12. The van der Waals surface area contributed by atoms with Crippen LogP contribution in [-0.4, -0.2) is 5.11 Å². The van der Waals surface area contributed by atoms with Gasteiger partial charge in [-0.3, -0.25) is 0 Å². The van der Waals surface area contributed by atoms with E-state index >= 15 is 0 Å². The van der Waals surface area contributed by atoms with Crippen LogP contribution in [0, 0.1) is 5.82 Å². The number of aliphatic hydroxyl groups is 1. The molecule has 0 fully saturated rings. The topological polar surface area (TPSA) is 20.2 Å². The molecule has 2 aromatic carbocycles. The molecule has 0 saturated carbocycles. The van der Waals surface area contributed by atoms with Crippen LogP contribution in [0.3, 0.4) is 0 Å². The first kappa shape index (κ1) is 14.8. The molecule has 2 rings (SSSR count). The van der Waals surface area contributed by atoms with E-state index < -0.39 is 11.9 Å². The fourth-order valence-corrected chi connectivity index (χ4v) is 2.63. The highest BCUT2D eigenvalue weighted by Crippen LogP contribution is 2.29. The Balaban J connectivity index is 2.25. The maximum atomic E-state index is 13.7. The molecule has 1 N–H and O–H groups in total. The normalized spacial score (nSPS) is 12.5. The SMILES string of the molecule is OC(Cc1ccc(Cl)cc1F)c1cc(Cl)ccc1Br. The van der Waals surface area contributed by atoms with E-state index in [0.29, 0.717) is 21.2 Å². The summed E-state index contributed by atoms with van der Waals surface area (Å²) in [6.45, 7) is 0. The lowest BCUT2D eigenvalue weighted by molar-refractivity contribution is 0.176. The number of halogens is 4. The van der Waals surface area contributed by atoms with Crippen molar-refractivity contribution in [3.05, 3.63) is 67.9 Å². The van der Waals surface area contributed by atoms with Gasteiger partial charge in [-0.25, -0.2) is 4.39 Å². The Bertz CT molecular complexity index is 604. The third-order valence-corrected chi connectivity index (χ3v) is 3.94. The van der Waals surface area contributed by atoms with Gasteiger partial charge in [0, 0.05) is 20.9 Å². The van der Waals surface area contributed by atoms with Gasteiger partial charge in [-0.1, -0.05) is 45.2 Å². The van der Waals surface area contributed by atoms with Crippen molar-refractivity contribution in [1.29, 1.82) is 0 Å². The Morgan fingerprint density at radius 3 is 2.42 bits per heavy atom. The van der Waals surface area contributed by atoms with Crippen molar-refractivity contribution in [2.24, 2.45) is 0 Å². The average molecular weight is 364 g/mol. The van der Waals surface area contributed by atoms with Crippen molar-refractivity contribution in [3.63, 3.8) is 0 Å². The van der Waals surface area contributed by atoms with Crippen molar-refractivity contribution in [1.82, 2.24) is 0 Å². The molecule has 0 aliphatic carbocycles. The molecule has 0 saturated heterocycles. The number of rotatable bonds is 3. The molecule has 0 aliphatic rings. The van der Waals surface area contributed by atoms with Crippen LogP contribution in [-0.2, 0) is 6.42 Å². The fourth-order valence-electron chi connectivity index (χ4n) is 1.78. The van der Waals surface area contributed by atoms with E-state index in [9.17, 15) is 9.50 Å². The van der Waals surface area contributed by atoms with Gasteiger partial charge in [0.15, 0.2) is 0 Å². The first-order valence-corrected chi connectivity index (χ1v) is 7.09. The Morgan fingerprint density at radius 2 is 1.74 bits per heavy atom. The van der Waals surface area contributed by atoms with Gasteiger partial charge in [0.1, 0.15) is 5.82 Å². The maximum Gasteiger partial charge on any atom is 0.127 e. The van der Waals surface area contributed by atoms with Gasteiger partial charge in [-0.15, -0.1) is 0 Å². The van der Waals surface area contributed by atoms with E-state index in [0.717, 1.165) is 4.47 Å². The molecule has 19 heavy (non-hydrogen) atoms. The number of benzene rings is 2. The van der Waals surface area contributed by atoms with E-state index in [1.165, 1.54) is 6.07 Å². The van der Waals surface area contributed by atoms with Gasteiger partial charge in [0.05, 0.1) is 6.10 Å². The summed E-state index contributed by atoms with van der Waals surface area (Å²) < 4.78 is 14.4. The van der Waals surface area contributed by atoms with E-state index in [-0.39, 0.29) is 6.42 Å². The smallest absolute Gasteiger partial charge is 0.127 e. The molecule has 0 spiro atoms. The molecule has 5 heteroatoms. The highest BCUT2D eigenvalue weighted by atomic mass is 79.9. The van der Waals surface area contributed by atoms with Crippen molar-refractivity contribution in [3.8, 4) is 0 Å². The Hall–Kier alpha value is -0.610. The maximum absolute atomic E-state index is 13.7. The lowest BCUT2D eigenvalue weighted by Gasteiger charge is -2.14. The molecule has 100 valence electrons. The second kappa shape index (κ2) is 6.23. The van der Waals surface area contributed by atoms with Gasteiger partial charge >= 0.3 is 0 Å². The minimum Gasteiger partial charge on any atom is -0.388 e. The summed E-state index contributed by atoms with van der Waals surface area (Å²) in [4.78, 5) is 0. The van der Waals surface area contributed by atoms with Crippen molar-refractivity contribution >= 4 is 39.1 Å². The van der Waals surface area contributed by atoms with E-state index in [4.69, 9.17) is 23.2 Å². The standard InChI is InChI=1S/C14H10BrCl2FO/c15-12-4-3-9(16)6-11(12)14(19)5-8-1-2-10(17)7-13(8)18/h1-4,6-7,14,19H,5H2. The first-order chi connectivity index (χ1) is 8.97. The first-order valence-electron chi connectivity index (χ1n) is 5.54. The number of aliphatic hydroxyl groups excluding tert-OH is 1. The molecule has 0 radical (unpaired) electrons. The van der Waals surface area contributed by atoms with Crippen molar-refractivity contribution < 1.29 is 9.50 Å². The summed E-state index contributed by atoms with van der Waals surface area (Å²) in [5.41, 5.74) is 1.03.